The second-order valence-corrected chi connectivity index (χ2v) is 7.52. The summed E-state index contributed by atoms with van der Waals surface area (Å²) in [7, 11) is 0. The topological polar surface area (TPSA) is 62.1 Å². The molecule has 2 N–H and O–H groups in total. The van der Waals surface area contributed by atoms with Gasteiger partial charge in [-0.3, -0.25) is 4.98 Å². The third-order valence-corrected chi connectivity index (χ3v) is 5.57. The van der Waals surface area contributed by atoms with Crippen LogP contribution in [0.1, 0.15) is 91.3 Å². The van der Waals surface area contributed by atoms with Crippen LogP contribution in [-0.2, 0) is 11.2 Å². The van der Waals surface area contributed by atoms with Gasteiger partial charge in [0.25, 0.3) is 0 Å². The second kappa shape index (κ2) is 5.90. The minimum Gasteiger partial charge on any atom is -0.462 e. The Kier molecular flexibility index (Phi) is 4.21. The summed E-state index contributed by atoms with van der Waals surface area (Å²) in [6.45, 7) is 8.29. The van der Waals surface area contributed by atoms with Gasteiger partial charge in [-0.2, -0.15) is 0 Å². The Bertz CT molecular complexity index is 632. The molecule has 0 radical (unpaired) electrons. The summed E-state index contributed by atoms with van der Waals surface area (Å²) in [5, 5.41) is 8.61. The highest BCUT2D eigenvalue weighted by atomic mass is 16.5. The van der Waals surface area contributed by atoms with E-state index in [1.54, 1.807) is 0 Å². The lowest BCUT2D eigenvalue weighted by atomic mass is 9.59. The number of carbonyl (C=O) groups excluding carboxylic acids is 1. The standard InChI is InChI=1S/C19H27NO3/c1-5-23-18(22)16-12(4)15-13(20-17(16)11(2)3)9-19(7-6-8-19)10-14(15)21/h11,14,21H,5-10H2,1-4H3/p+1/t14-/m0/s1. The van der Waals surface area contributed by atoms with Crippen molar-refractivity contribution in [2.75, 3.05) is 6.61 Å². The Hall–Kier alpha value is -1.42. The molecular weight excluding hydrogens is 290 g/mol. The van der Waals surface area contributed by atoms with Gasteiger partial charge in [-0.15, -0.1) is 0 Å². The Labute approximate surface area is 138 Å². The summed E-state index contributed by atoms with van der Waals surface area (Å²) < 4.78 is 5.26. The van der Waals surface area contributed by atoms with Gasteiger partial charge in [0.05, 0.1) is 29.1 Å². The average Bonchev–Trinajstić information content (AvgIpc) is 2.44. The van der Waals surface area contributed by atoms with E-state index < -0.39 is 0 Å². The van der Waals surface area contributed by atoms with Gasteiger partial charge in [0.2, 0.25) is 0 Å². The summed E-state index contributed by atoms with van der Waals surface area (Å²) in [6.07, 6.45) is 5.34. The minimum atomic E-state index is -0.292. The van der Waals surface area contributed by atoms with Crippen molar-refractivity contribution in [3.05, 3.63) is 28.1 Å². The van der Waals surface area contributed by atoms with Crippen molar-refractivity contribution in [3.8, 4) is 0 Å². The monoisotopic (exact) mass is 318 g/mol. The molecule has 1 saturated carbocycles. The first-order valence-corrected chi connectivity index (χ1v) is 8.80. The lowest BCUT2D eigenvalue weighted by molar-refractivity contribution is 0.0238. The Morgan fingerprint density at radius 1 is 1.43 bits per heavy atom. The third-order valence-electron chi connectivity index (χ3n) is 5.57. The highest BCUT2D eigenvalue weighted by molar-refractivity contribution is 5.93. The molecule has 2 aliphatic rings. The third kappa shape index (κ3) is 2.67. The van der Waals surface area contributed by atoms with E-state index >= 15 is 0 Å². The SMILES string of the molecule is CCOC(=O)c1c(C(C)C)nc2c(c1C)[C@@H]([OH2+])CC1(CCC1)C2. The molecule has 2 aliphatic carbocycles. The van der Waals surface area contributed by atoms with Crippen LogP contribution in [0.2, 0.25) is 0 Å². The number of rotatable bonds is 3. The molecule has 1 aromatic heterocycles. The minimum absolute atomic E-state index is 0.168. The first-order chi connectivity index (χ1) is 10.9. The number of hydrogen-bond donors (Lipinski definition) is 0. The van der Waals surface area contributed by atoms with Crippen LogP contribution in [0.25, 0.3) is 0 Å². The van der Waals surface area contributed by atoms with Gasteiger partial charge >= 0.3 is 5.97 Å². The van der Waals surface area contributed by atoms with Crippen LogP contribution >= 0.6 is 0 Å². The van der Waals surface area contributed by atoms with Crippen molar-refractivity contribution in [2.24, 2.45) is 5.41 Å². The smallest absolute Gasteiger partial charge is 0.340 e. The van der Waals surface area contributed by atoms with E-state index in [0.717, 1.165) is 35.4 Å². The predicted octanol–water partition coefficient (Wildman–Crippen LogP) is 3.57. The molecule has 126 valence electrons. The van der Waals surface area contributed by atoms with Gasteiger partial charge in [-0.25, -0.2) is 4.79 Å². The molecule has 3 rings (SSSR count). The molecular formula is C19H28NO3+. The Morgan fingerprint density at radius 3 is 2.65 bits per heavy atom. The van der Waals surface area contributed by atoms with Crippen LogP contribution in [0.3, 0.4) is 0 Å². The predicted molar refractivity (Wildman–Crippen MR) is 90.0 cm³/mol. The molecule has 4 nitrogen and oxygen atoms in total. The largest absolute Gasteiger partial charge is 0.462 e. The molecule has 0 amide bonds. The van der Waals surface area contributed by atoms with Gasteiger partial charge in [-0.1, -0.05) is 20.3 Å². The molecule has 4 heteroatoms. The van der Waals surface area contributed by atoms with Crippen LogP contribution in [-0.4, -0.2) is 22.7 Å². The number of pyridine rings is 1. The molecule has 23 heavy (non-hydrogen) atoms. The lowest BCUT2D eigenvalue weighted by Gasteiger charge is -2.45. The highest BCUT2D eigenvalue weighted by Gasteiger charge is 2.46. The summed E-state index contributed by atoms with van der Waals surface area (Å²) >= 11 is 0. The van der Waals surface area contributed by atoms with E-state index in [4.69, 9.17) is 14.8 Å². The van der Waals surface area contributed by atoms with Crippen molar-refractivity contribution in [1.82, 2.24) is 4.98 Å². The maximum Gasteiger partial charge on any atom is 0.340 e. The zero-order valence-electron chi connectivity index (χ0n) is 14.7. The molecule has 0 saturated heterocycles. The fourth-order valence-electron chi connectivity index (χ4n) is 4.30. The van der Waals surface area contributed by atoms with Gasteiger partial charge in [0.1, 0.15) is 0 Å². The van der Waals surface area contributed by atoms with Gasteiger partial charge in [0, 0.05) is 6.42 Å². The molecule has 0 aliphatic heterocycles. The molecule has 1 spiro atoms. The van der Waals surface area contributed by atoms with Crippen LogP contribution in [0.5, 0.6) is 0 Å². The number of carbonyl (C=O) groups is 1. The van der Waals surface area contributed by atoms with Crippen molar-refractivity contribution in [1.29, 1.82) is 0 Å². The summed E-state index contributed by atoms with van der Waals surface area (Å²) in [5.41, 5.74) is 4.70. The first kappa shape index (κ1) is 16.4. The first-order valence-electron chi connectivity index (χ1n) is 8.80. The van der Waals surface area contributed by atoms with Crippen molar-refractivity contribution < 1.29 is 14.6 Å². The second-order valence-electron chi connectivity index (χ2n) is 7.52. The van der Waals surface area contributed by atoms with E-state index in [9.17, 15) is 4.79 Å². The van der Waals surface area contributed by atoms with E-state index in [1.807, 2.05) is 13.8 Å². The number of esters is 1. The molecule has 1 heterocycles. The number of aromatic nitrogens is 1. The average molecular weight is 318 g/mol. The van der Waals surface area contributed by atoms with E-state index in [1.165, 1.54) is 19.3 Å². The number of ether oxygens (including phenoxy) is 1. The van der Waals surface area contributed by atoms with Gasteiger partial charge in [-0.05, 0) is 50.0 Å². The van der Waals surface area contributed by atoms with Gasteiger partial charge < -0.3 is 9.84 Å². The molecule has 0 unspecified atom stereocenters. The number of nitrogens with zero attached hydrogens (tertiary/aromatic N) is 1. The van der Waals surface area contributed by atoms with Crippen LogP contribution in [0, 0.1) is 12.3 Å². The maximum atomic E-state index is 12.5. The van der Waals surface area contributed by atoms with Gasteiger partial charge in [0.15, 0.2) is 6.10 Å². The van der Waals surface area contributed by atoms with Crippen molar-refractivity contribution in [2.45, 2.75) is 71.8 Å². The van der Waals surface area contributed by atoms with Crippen molar-refractivity contribution in [3.63, 3.8) is 0 Å². The van der Waals surface area contributed by atoms with E-state index in [0.29, 0.717) is 17.6 Å². The number of hydrogen-bond acceptors (Lipinski definition) is 3. The highest BCUT2D eigenvalue weighted by Crippen LogP contribution is 2.53. The summed E-state index contributed by atoms with van der Waals surface area (Å²) in [6, 6.07) is 0. The normalized spacial score (nSPS) is 21.9. The summed E-state index contributed by atoms with van der Waals surface area (Å²) in [4.78, 5) is 17.3. The van der Waals surface area contributed by atoms with E-state index in [-0.39, 0.29) is 18.0 Å². The quantitative estimate of drug-likeness (QED) is 0.632. The summed E-state index contributed by atoms with van der Waals surface area (Å²) in [5.74, 6) is -0.123. The van der Waals surface area contributed by atoms with Crippen LogP contribution in [0.4, 0.5) is 0 Å². The Morgan fingerprint density at radius 2 is 2.13 bits per heavy atom. The van der Waals surface area contributed by atoms with Crippen molar-refractivity contribution >= 4 is 5.97 Å². The zero-order chi connectivity index (χ0) is 16.8. The molecule has 0 aromatic carbocycles. The fraction of sp³-hybridized carbons (Fsp3) is 0.684. The molecule has 1 atom stereocenters. The molecule has 1 fully saturated rings. The Balaban J connectivity index is 2.13. The van der Waals surface area contributed by atoms with Crippen LogP contribution in [0.15, 0.2) is 0 Å². The fourth-order valence-corrected chi connectivity index (χ4v) is 4.30. The number of fused-ring (bicyclic) bond motifs is 1. The molecule has 1 aromatic rings. The van der Waals surface area contributed by atoms with Crippen LogP contribution < -0.4 is 0 Å². The molecule has 0 bridgehead atoms. The van der Waals surface area contributed by atoms with E-state index in [2.05, 4.69) is 13.8 Å². The maximum absolute atomic E-state index is 12.5. The lowest BCUT2D eigenvalue weighted by Crippen LogP contribution is -2.38. The zero-order valence-corrected chi connectivity index (χ0v) is 14.7.